The number of aromatic nitrogens is 2. The van der Waals surface area contributed by atoms with E-state index >= 15 is 0 Å². The van der Waals surface area contributed by atoms with Gasteiger partial charge in [-0.3, -0.25) is 4.68 Å². The molecular formula is C15H20N4O2S. The van der Waals surface area contributed by atoms with Crippen LogP contribution < -0.4 is 15.4 Å². The fourth-order valence-corrected chi connectivity index (χ4v) is 2.13. The summed E-state index contributed by atoms with van der Waals surface area (Å²) in [5.41, 5.74) is 1.97. The smallest absolute Gasteiger partial charge is 0.170 e. The highest BCUT2D eigenvalue weighted by Gasteiger charge is 2.03. The minimum atomic E-state index is 0.554. The molecule has 1 aromatic carbocycles. The topological polar surface area (TPSA) is 60.3 Å². The van der Waals surface area contributed by atoms with Crippen LogP contribution >= 0.6 is 12.2 Å². The van der Waals surface area contributed by atoms with Crippen LogP contribution in [-0.2, 0) is 11.3 Å². The quantitative estimate of drug-likeness (QED) is 0.600. The fourth-order valence-electron chi connectivity index (χ4n) is 1.91. The highest BCUT2D eigenvalue weighted by atomic mass is 32.1. The third-order valence-electron chi connectivity index (χ3n) is 2.96. The Morgan fingerprint density at radius 3 is 3.00 bits per heavy atom. The summed E-state index contributed by atoms with van der Waals surface area (Å²) in [4.78, 5) is 0. The second-order valence-corrected chi connectivity index (χ2v) is 5.06. The van der Waals surface area contributed by atoms with Crippen molar-refractivity contribution in [2.75, 3.05) is 32.7 Å². The zero-order valence-corrected chi connectivity index (χ0v) is 13.5. The van der Waals surface area contributed by atoms with E-state index in [0.29, 0.717) is 24.8 Å². The van der Waals surface area contributed by atoms with Crippen LogP contribution in [0, 0.1) is 0 Å². The molecule has 0 saturated carbocycles. The molecule has 0 aliphatic heterocycles. The minimum Gasteiger partial charge on any atom is -0.497 e. The first-order valence-electron chi connectivity index (χ1n) is 6.90. The molecule has 1 aromatic heterocycles. The Kier molecular flexibility index (Phi) is 6.17. The second kappa shape index (κ2) is 8.35. The van der Waals surface area contributed by atoms with Gasteiger partial charge >= 0.3 is 0 Å². The van der Waals surface area contributed by atoms with E-state index in [1.807, 2.05) is 35.1 Å². The van der Waals surface area contributed by atoms with Gasteiger partial charge in [0, 0.05) is 19.9 Å². The van der Waals surface area contributed by atoms with Gasteiger partial charge in [-0.1, -0.05) is 12.1 Å². The van der Waals surface area contributed by atoms with Gasteiger partial charge in [0.05, 0.1) is 32.1 Å². The molecule has 2 rings (SSSR count). The van der Waals surface area contributed by atoms with Gasteiger partial charge in [-0.25, -0.2) is 0 Å². The first-order valence-corrected chi connectivity index (χ1v) is 7.31. The van der Waals surface area contributed by atoms with Gasteiger partial charge in [0.2, 0.25) is 0 Å². The molecule has 0 bridgehead atoms. The van der Waals surface area contributed by atoms with Crippen LogP contribution in [0.25, 0.3) is 0 Å². The van der Waals surface area contributed by atoms with E-state index < -0.39 is 0 Å². The monoisotopic (exact) mass is 320 g/mol. The summed E-state index contributed by atoms with van der Waals surface area (Å²) in [6, 6.07) is 7.91. The van der Waals surface area contributed by atoms with Crippen molar-refractivity contribution in [2.45, 2.75) is 6.54 Å². The number of anilines is 1. The zero-order chi connectivity index (χ0) is 15.8. The number of nitrogens with zero attached hydrogens (tertiary/aromatic N) is 2. The van der Waals surface area contributed by atoms with Crippen molar-refractivity contribution >= 4 is 23.0 Å². The van der Waals surface area contributed by atoms with Gasteiger partial charge in [0.25, 0.3) is 0 Å². The van der Waals surface area contributed by atoms with Crippen molar-refractivity contribution in [1.82, 2.24) is 15.1 Å². The van der Waals surface area contributed by atoms with Crippen molar-refractivity contribution in [3.05, 3.63) is 42.2 Å². The van der Waals surface area contributed by atoms with E-state index in [2.05, 4.69) is 15.7 Å². The largest absolute Gasteiger partial charge is 0.497 e. The van der Waals surface area contributed by atoms with E-state index in [9.17, 15) is 0 Å². The summed E-state index contributed by atoms with van der Waals surface area (Å²) in [5.74, 6) is 0.839. The molecule has 0 unspecified atom stereocenters. The lowest BCUT2D eigenvalue weighted by Gasteiger charge is -2.08. The Bertz CT molecular complexity index is 615. The maximum atomic E-state index is 5.22. The van der Waals surface area contributed by atoms with Crippen molar-refractivity contribution in [2.24, 2.45) is 0 Å². The van der Waals surface area contributed by atoms with Gasteiger partial charge in [0.15, 0.2) is 5.11 Å². The number of hydrogen-bond acceptors (Lipinski definition) is 4. The second-order valence-electron chi connectivity index (χ2n) is 4.65. The van der Waals surface area contributed by atoms with Crippen molar-refractivity contribution < 1.29 is 9.47 Å². The summed E-state index contributed by atoms with van der Waals surface area (Å²) < 4.78 is 12.0. The lowest BCUT2D eigenvalue weighted by molar-refractivity contribution is 0.204. The average molecular weight is 320 g/mol. The minimum absolute atomic E-state index is 0.554. The molecule has 2 aromatic rings. The normalized spacial score (nSPS) is 10.3. The van der Waals surface area contributed by atoms with Gasteiger partial charge in [-0.2, -0.15) is 5.10 Å². The Morgan fingerprint density at radius 1 is 1.36 bits per heavy atom. The molecular weight excluding hydrogens is 300 g/mol. The maximum Gasteiger partial charge on any atom is 0.170 e. The van der Waals surface area contributed by atoms with Gasteiger partial charge < -0.3 is 20.1 Å². The number of methoxy groups -OCH3 is 2. The molecule has 0 fully saturated rings. The molecule has 0 aliphatic carbocycles. The Labute approximate surface area is 135 Å². The molecule has 0 radical (unpaired) electrons. The Morgan fingerprint density at radius 2 is 2.23 bits per heavy atom. The van der Waals surface area contributed by atoms with Crippen molar-refractivity contribution in [3.63, 3.8) is 0 Å². The van der Waals surface area contributed by atoms with Crippen LogP contribution in [0.3, 0.4) is 0 Å². The Balaban J connectivity index is 1.89. The zero-order valence-electron chi connectivity index (χ0n) is 12.7. The summed E-state index contributed by atoms with van der Waals surface area (Å²) in [6.45, 7) is 1.94. The van der Waals surface area contributed by atoms with Crippen LogP contribution in [0.4, 0.5) is 5.69 Å². The standard InChI is InChI=1S/C15H20N4O2S/c1-20-7-6-16-15(22)18-13-9-17-19(11-13)10-12-4-3-5-14(8-12)21-2/h3-5,8-9,11H,6-7,10H2,1-2H3,(H2,16,18,22). The average Bonchev–Trinajstić information content (AvgIpc) is 2.94. The third kappa shape index (κ3) is 5.01. The van der Waals surface area contributed by atoms with Crippen LogP contribution in [-0.4, -0.2) is 42.3 Å². The molecule has 1 heterocycles. The molecule has 0 amide bonds. The first-order chi connectivity index (χ1) is 10.7. The first kappa shape index (κ1) is 16.3. The van der Waals surface area contributed by atoms with Crippen molar-refractivity contribution in [1.29, 1.82) is 0 Å². The van der Waals surface area contributed by atoms with Crippen molar-refractivity contribution in [3.8, 4) is 5.75 Å². The van der Waals surface area contributed by atoms with Gasteiger partial charge in [-0.05, 0) is 29.9 Å². The molecule has 7 heteroatoms. The number of ether oxygens (including phenoxy) is 2. The van der Waals surface area contributed by atoms with E-state index in [1.54, 1.807) is 20.4 Å². The fraction of sp³-hybridized carbons (Fsp3) is 0.333. The van der Waals surface area contributed by atoms with Crippen LogP contribution in [0.2, 0.25) is 0 Å². The number of hydrogen-bond donors (Lipinski definition) is 2. The summed E-state index contributed by atoms with van der Waals surface area (Å²) in [5, 5.41) is 11.0. The lowest BCUT2D eigenvalue weighted by atomic mass is 10.2. The molecule has 0 spiro atoms. The van der Waals surface area contributed by atoms with Gasteiger partial charge in [0.1, 0.15) is 5.75 Å². The predicted molar refractivity (Wildman–Crippen MR) is 90.4 cm³/mol. The predicted octanol–water partition coefficient (Wildman–Crippen LogP) is 1.87. The third-order valence-corrected chi connectivity index (χ3v) is 3.21. The summed E-state index contributed by atoms with van der Waals surface area (Å²) >= 11 is 5.19. The number of rotatable bonds is 7. The van der Waals surface area contributed by atoms with E-state index in [1.165, 1.54) is 0 Å². The van der Waals surface area contributed by atoms with Gasteiger partial charge in [-0.15, -0.1) is 0 Å². The van der Waals surface area contributed by atoms with E-state index in [-0.39, 0.29) is 0 Å². The van der Waals surface area contributed by atoms with E-state index in [4.69, 9.17) is 21.7 Å². The highest BCUT2D eigenvalue weighted by Crippen LogP contribution is 2.14. The van der Waals surface area contributed by atoms with E-state index in [0.717, 1.165) is 17.0 Å². The van der Waals surface area contributed by atoms with Crippen LogP contribution in [0.1, 0.15) is 5.56 Å². The highest BCUT2D eigenvalue weighted by molar-refractivity contribution is 7.80. The maximum absolute atomic E-state index is 5.22. The summed E-state index contributed by atoms with van der Waals surface area (Å²) in [6.07, 6.45) is 3.65. The molecule has 2 N–H and O–H groups in total. The molecule has 0 atom stereocenters. The number of nitrogens with one attached hydrogen (secondary N) is 2. The SMILES string of the molecule is COCCNC(=S)Nc1cnn(Cc2cccc(OC)c2)c1. The molecule has 0 aliphatic rings. The molecule has 0 saturated heterocycles. The number of thiocarbonyl (C=S) groups is 1. The summed E-state index contributed by atoms with van der Waals surface area (Å²) in [7, 11) is 3.31. The molecule has 22 heavy (non-hydrogen) atoms. The van der Waals surface area contributed by atoms with Crippen LogP contribution in [0.5, 0.6) is 5.75 Å². The molecule has 6 nitrogen and oxygen atoms in total. The lowest BCUT2D eigenvalue weighted by Crippen LogP contribution is -2.30. The molecule has 118 valence electrons. The van der Waals surface area contributed by atoms with Crippen LogP contribution in [0.15, 0.2) is 36.7 Å². The Hall–Kier alpha value is -2.12. The number of benzene rings is 1.